The van der Waals surface area contributed by atoms with Gasteiger partial charge >= 0.3 is 5.97 Å². The highest BCUT2D eigenvalue weighted by molar-refractivity contribution is 5.92. The summed E-state index contributed by atoms with van der Waals surface area (Å²) in [5, 5.41) is 9.18. The number of nitrogens with zero attached hydrogens (tertiary/aromatic N) is 2. The molecule has 0 aliphatic heterocycles. The van der Waals surface area contributed by atoms with Gasteiger partial charge in [0.15, 0.2) is 5.69 Å². The van der Waals surface area contributed by atoms with E-state index in [9.17, 15) is 9.90 Å². The number of anilines is 1. The minimum absolute atomic E-state index is 0.141. The molecule has 0 aliphatic rings. The van der Waals surface area contributed by atoms with Crippen molar-refractivity contribution in [3.63, 3.8) is 0 Å². The number of carboxylic acid groups (broad SMARTS) is 1. The average Bonchev–Trinajstić information content (AvgIpc) is 2.34. The molecule has 4 heteroatoms. The summed E-state index contributed by atoms with van der Waals surface area (Å²) in [4.78, 5) is 17.3. The predicted octanol–water partition coefficient (Wildman–Crippen LogP) is 3.18. The minimum atomic E-state index is -0.966. The molecule has 0 saturated heterocycles. The molecule has 0 unspecified atom stereocenters. The lowest BCUT2D eigenvalue weighted by Gasteiger charge is -2.29. The van der Waals surface area contributed by atoms with Crippen molar-refractivity contribution < 1.29 is 9.90 Å². The maximum Gasteiger partial charge on any atom is 0.356 e. The molecule has 100 valence electrons. The molecule has 0 aliphatic carbocycles. The Hall–Kier alpha value is -1.58. The number of pyridine rings is 1. The molecule has 0 radical (unpaired) electrons. The Kier molecular flexibility index (Phi) is 5.62. The van der Waals surface area contributed by atoms with Crippen molar-refractivity contribution in [3.8, 4) is 0 Å². The molecule has 4 nitrogen and oxygen atoms in total. The molecule has 0 aromatic carbocycles. The highest BCUT2D eigenvalue weighted by Crippen LogP contribution is 2.21. The Labute approximate surface area is 109 Å². The molecule has 1 N–H and O–H groups in total. The van der Waals surface area contributed by atoms with E-state index in [-0.39, 0.29) is 11.7 Å². The third-order valence-electron chi connectivity index (χ3n) is 2.92. The van der Waals surface area contributed by atoms with Crippen LogP contribution in [0.2, 0.25) is 0 Å². The van der Waals surface area contributed by atoms with E-state index in [2.05, 4.69) is 30.7 Å². The maximum atomic E-state index is 11.2. The van der Waals surface area contributed by atoms with Crippen LogP contribution in [0.1, 0.15) is 50.5 Å². The summed E-state index contributed by atoms with van der Waals surface area (Å²) >= 11 is 0. The van der Waals surface area contributed by atoms with Crippen molar-refractivity contribution in [1.29, 1.82) is 0 Å². The lowest BCUT2D eigenvalue weighted by Crippen LogP contribution is -2.33. The molecule has 0 bridgehead atoms. The van der Waals surface area contributed by atoms with E-state index < -0.39 is 5.97 Å². The van der Waals surface area contributed by atoms with E-state index in [0.29, 0.717) is 0 Å². The van der Waals surface area contributed by atoms with Gasteiger partial charge in [0.1, 0.15) is 0 Å². The van der Waals surface area contributed by atoms with Gasteiger partial charge in [0, 0.05) is 18.8 Å². The monoisotopic (exact) mass is 250 g/mol. The van der Waals surface area contributed by atoms with Crippen LogP contribution in [0.15, 0.2) is 18.3 Å². The van der Waals surface area contributed by atoms with Crippen LogP contribution in [-0.4, -0.2) is 28.6 Å². The molecule has 0 amide bonds. The number of unbranched alkanes of at least 4 members (excludes halogenated alkanes) is 2. The van der Waals surface area contributed by atoms with Crippen LogP contribution in [0.4, 0.5) is 5.69 Å². The number of aromatic nitrogens is 1. The summed E-state index contributed by atoms with van der Waals surface area (Å²) in [5.74, 6) is -0.966. The van der Waals surface area contributed by atoms with Gasteiger partial charge in [-0.05, 0) is 32.4 Å². The van der Waals surface area contributed by atoms with Gasteiger partial charge in [-0.15, -0.1) is 0 Å². The second kappa shape index (κ2) is 6.99. The van der Waals surface area contributed by atoms with Crippen LogP contribution in [0.3, 0.4) is 0 Å². The standard InChI is InChI=1S/C14H22N2O2/c1-4-5-6-10-16(11(2)3)12-8-7-9-15-13(12)14(17)18/h7-9,11H,4-6,10H2,1-3H3,(H,17,18). The van der Waals surface area contributed by atoms with Crippen LogP contribution in [-0.2, 0) is 0 Å². The first-order valence-corrected chi connectivity index (χ1v) is 6.52. The Morgan fingerprint density at radius 2 is 2.17 bits per heavy atom. The summed E-state index contributed by atoms with van der Waals surface area (Å²) in [6, 6.07) is 3.89. The van der Waals surface area contributed by atoms with Crippen LogP contribution in [0.5, 0.6) is 0 Å². The van der Waals surface area contributed by atoms with Crippen molar-refractivity contribution in [2.45, 2.75) is 46.1 Å². The molecule has 0 saturated carbocycles. The predicted molar refractivity (Wildman–Crippen MR) is 73.2 cm³/mol. The van der Waals surface area contributed by atoms with E-state index in [1.54, 1.807) is 6.07 Å². The normalized spacial score (nSPS) is 10.7. The third kappa shape index (κ3) is 3.72. The molecule has 1 aromatic rings. The van der Waals surface area contributed by atoms with E-state index in [1.807, 2.05) is 6.07 Å². The molecular formula is C14H22N2O2. The second-order valence-corrected chi connectivity index (χ2v) is 4.67. The van der Waals surface area contributed by atoms with Crippen molar-refractivity contribution in [2.24, 2.45) is 0 Å². The zero-order valence-corrected chi connectivity index (χ0v) is 11.4. The number of hydrogen-bond acceptors (Lipinski definition) is 3. The second-order valence-electron chi connectivity index (χ2n) is 4.67. The fourth-order valence-electron chi connectivity index (χ4n) is 1.98. The zero-order chi connectivity index (χ0) is 13.5. The zero-order valence-electron chi connectivity index (χ0n) is 11.4. The van der Waals surface area contributed by atoms with Crippen LogP contribution < -0.4 is 4.90 Å². The summed E-state index contributed by atoms with van der Waals surface area (Å²) in [6.07, 6.45) is 4.91. The van der Waals surface area contributed by atoms with Gasteiger partial charge < -0.3 is 10.0 Å². The van der Waals surface area contributed by atoms with Gasteiger partial charge in [0.2, 0.25) is 0 Å². The number of rotatable bonds is 7. The summed E-state index contributed by atoms with van der Waals surface area (Å²) in [5.41, 5.74) is 0.860. The first-order chi connectivity index (χ1) is 8.57. The van der Waals surface area contributed by atoms with Crippen molar-refractivity contribution in [2.75, 3.05) is 11.4 Å². The topological polar surface area (TPSA) is 53.4 Å². The van der Waals surface area contributed by atoms with E-state index >= 15 is 0 Å². The van der Waals surface area contributed by atoms with Gasteiger partial charge in [-0.3, -0.25) is 0 Å². The van der Waals surface area contributed by atoms with E-state index in [1.165, 1.54) is 6.20 Å². The Balaban J connectivity index is 2.94. The van der Waals surface area contributed by atoms with Gasteiger partial charge in [-0.1, -0.05) is 19.8 Å². The first-order valence-electron chi connectivity index (χ1n) is 6.52. The van der Waals surface area contributed by atoms with Crippen molar-refractivity contribution in [1.82, 2.24) is 4.98 Å². The molecule has 0 fully saturated rings. The van der Waals surface area contributed by atoms with E-state index in [0.717, 1.165) is 31.5 Å². The molecule has 0 atom stereocenters. The van der Waals surface area contributed by atoms with E-state index in [4.69, 9.17) is 0 Å². The largest absolute Gasteiger partial charge is 0.476 e. The van der Waals surface area contributed by atoms with Crippen molar-refractivity contribution in [3.05, 3.63) is 24.0 Å². The molecule has 0 spiro atoms. The number of hydrogen-bond donors (Lipinski definition) is 1. The lowest BCUT2D eigenvalue weighted by atomic mass is 10.1. The van der Waals surface area contributed by atoms with Crippen molar-refractivity contribution >= 4 is 11.7 Å². The number of carbonyl (C=O) groups is 1. The Morgan fingerprint density at radius 1 is 1.44 bits per heavy atom. The summed E-state index contributed by atoms with van der Waals surface area (Å²) in [6.45, 7) is 7.18. The van der Waals surface area contributed by atoms with Crippen LogP contribution in [0, 0.1) is 0 Å². The Morgan fingerprint density at radius 3 is 2.72 bits per heavy atom. The minimum Gasteiger partial charge on any atom is -0.476 e. The average molecular weight is 250 g/mol. The highest BCUT2D eigenvalue weighted by Gasteiger charge is 2.18. The summed E-state index contributed by atoms with van der Waals surface area (Å²) < 4.78 is 0. The van der Waals surface area contributed by atoms with Gasteiger partial charge in [0.05, 0.1) is 5.69 Å². The molecule has 1 rings (SSSR count). The van der Waals surface area contributed by atoms with Crippen LogP contribution >= 0.6 is 0 Å². The van der Waals surface area contributed by atoms with Gasteiger partial charge in [-0.2, -0.15) is 0 Å². The fraction of sp³-hybridized carbons (Fsp3) is 0.571. The Bertz CT molecular complexity index is 391. The number of carboxylic acids is 1. The maximum absolute atomic E-state index is 11.2. The first kappa shape index (κ1) is 14.5. The third-order valence-corrected chi connectivity index (χ3v) is 2.92. The van der Waals surface area contributed by atoms with Gasteiger partial charge in [0.25, 0.3) is 0 Å². The summed E-state index contributed by atoms with van der Waals surface area (Å²) in [7, 11) is 0. The molecular weight excluding hydrogens is 228 g/mol. The SMILES string of the molecule is CCCCCN(c1cccnc1C(=O)O)C(C)C. The highest BCUT2D eigenvalue weighted by atomic mass is 16.4. The molecule has 1 heterocycles. The quantitative estimate of drug-likeness (QED) is 0.755. The fourth-order valence-corrected chi connectivity index (χ4v) is 1.98. The smallest absolute Gasteiger partial charge is 0.356 e. The lowest BCUT2D eigenvalue weighted by molar-refractivity contribution is 0.0691. The number of aromatic carboxylic acids is 1. The molecule has 18 heavy (non-hydrogen) atoms. The van der Waals surface area contributed by atoms with Gasteiger partial charge in [-0.25, -0.2) is 9.78 Å². The molecule has 1 aromatic heterocycles. The van der Waals surface area contributed by atoms with Crippen LogP contribution in [0.25, 0.3) is 0 Å².